The van der Waals surface area contributed by atoms with Crippen molar-refractivity contribution in [2.24, 2.45) is 7.05 Å². The van der Waals surface area contributed by atoms with E-state index in [4.69, 9.17) is 4.74 Å². The maximum atomic E-state index is 12.1. The van der Waals surface area contributed by atoms with Crippen LogP contribution >= 0.6 is 0 Å². The summed E-state index contributed by atoms with van der Waals surface area (Å²) in [6, 6.07) is 3.38. The Morgan fingerprint density at radius 1 is 1.50 bits per heavy atom. The first kappa shape index (κ1) is 10.4. The lowest BCUT2D eigenvalue weighted by Gasteiger charge is -2.03. The first-order valence-electron chi connectivity index (χ1n) is 4.74. The Morgan fingerprint density at radius 3 is 2.94 bits per heavy atom. The molecule has 0 saturated carbocycles. The maximum absolute atomic E-state index is 12.1. The standard InChI is InChI=1S/C11H11N3O2/c1-14-7-8(6-13-14)10(15)9-4-3-5-12-11(9)16-2/h3-7H,1-2H3. The number of rotatable bonds is 3. The second kappa shape index (κ2) is 4.14. The van der Waals surface area contributed by atoms with E-state index < -0.39 is 0 Å². The molecule has 0 N–H and O–H groups in total. The van der Waals surface area contributed by atoms with Crippen LogP contribution in [0.5, 0.6) is 5.88 Å². The van der Waals surface area contributed by atoms with Gasteiger partial charge in [-0.2, -0.15) is 5.10 Å². The smallest absolute Gasteiger partial charge is 0.224 e. The van der Waals surface area contributed by atoms with Gasteiger partial charge < -0.3 is 4.74 Å². The second-order valence-electron chi connectivity index (χ2n) is 3.29. The molecule has 16 heavy (non-hydrogen) atoms. The zero-order valence-electron chi connectivity index (χ0n) is 9.04. The molecule has 0 atom stereocenters. The van der Waals surface area contributed by atoms with Crippen LogP contribution in [0.3, 0.4) is 0 Å². The van der Waals surface area contributed by atoms with E-state index in [0.717, 1.165) is 0 Å². The van der Waals surface area contributed by atoms with E-state index in [2.05, 4.69) is 10.1 Å². The molecule has 0 aliphatic heterocycles. The van der Waals surface area contributed by atoms with E-state index in [1.807, 2.05) is 0 Å². The molecule has 0 aliphatic carbocycles. The average molecular weight is 217 g/mol. The summed E-state index contributed by atoms with van der Waals surface area (Å²) in [4.78, 5) is 16.0. The van der Waals surface area contributed by atoms with Gasteiger partial charge in [0.2, 0.25) is 11.7 Å². The van der Waals surface area contributed by atoms with Gasteiger partial charge in [0.05, 0.1) is 24.4 Å². The van der Waals surface area contributed by atoms with Crippen LogP contribution in [0.4, 0.5) is 0 Å². The molecule has 0 saturated heterocycles. The first-order chi connectivity index (χ1) is 7.72. The minimum absolute atomic E-state index is 0.141. The monoisotopic (exact) mass is 217 g/mol. The summed E-state index contributed by atoms with van der Waals surface area (Å²) in [5, 5.41) is 3.95. The molecular formula is C11H11N3O2. The van der Waals surface area contributed by atoms with E-state index in [0.29, 0.717) is 17.0 Å². The Morgan fingerprint density at radius 2 is 2.31 bits per heavy atom. The predicted molar refractivity (Wildman–Crippen MR) is 57.4 cm³/mol. The average Bonchev–Trinajstić information content (AvgIpc) is 2.75. The maximum Gasteiger partial charge on any atom is 0.224 e. The van der Waals surface area contributed by atoms with Gasteiger partial charge in [-0.1, -0.05) is 0 Å². The van der Waals surface area contributed by atoms with E-state index in [-0.39, 0.29) is 5.78 Å². The van der Waals surface area contributed by atoms with Gasteiger partial charge in [-0.15, -0.1) is 0 Å². The molecule has 5 heteroatoms. The normalized spacial score (nSPS) is 10.1. The highest BCUT2D eigenvalue weighted by atomic mass is 16.5. The summed E-state index contributed by atoms with van der Waals surface area (Å²) >= 11 is 0. The summed E-state index contributed by atoms with van der Waals surface area (Å²) in [6.07, 6.45) is 4.77. The number of nitrogens with zero attached hydrogens (tertiary/aromatic N) is 3. The number of ketones is 1. The molecule has 0 bridgehead atoms. The Hall–Kier alpha value is -2.17. The molecule has 0 aromatic carbocycles. The number of hydrogen-bond donors (Lipinski definition) is 0. The lowest BCUT2D eigenvalue weighted by Crippen LogP contribution is -2.04. The highest BCUT2D eigenvalue weighted by Crippen LogP contribution is 2.17. The van der Waals surface area contributed by atoms with Crippen molar-refractivity contribution in [2.75, 3.05) is 7.11 Å². The SMILES string of the molecule is COc1ncccc1C(=O)c1cnn(C)c1. The third kappa shape index (κ3) is 1.79. The Balaban J connectivity index is 2.41. The minimum atomic E-state index is -0.141. The van der Waals surface area contributed by atoms with Gasteiger partial charge in [-0.25, -0.2) is 4.98 Å². The number of aromatic nitrogens is 3. The zero-order valence-corrected chi connectivity index (χ0v) is 9.04. The van der Waals surface area contributed by atoms with Gasteiger partial charge in [0, 0.05) is 19.4 Å². The van der Waals surface area contributed by atoms with Crippen molar-refractivity contribution >= 4 is 5.78 Å². The molecule has 5 nitrogen and oxygen atoms in total. The highest BCUT2D eigenvalue weighted by molar-refractivity contribution is 6.10. The molecule has 0 spiro atoms. The Bertz CT molecular complexity index is 519. The fourth-order valence-electron chi connectivity index (χ4n) is 1.42. The zero-order chi connectivity index (χ0) is 11.5. The number of pyridine rings is 1. The van der Waals surface area contributed by atoms with Crippen LogP contribution < -0.4 is 4.74 Å². The van der Waals surface area contributed by atoms with Gasteiger partial charge in [-0.05, 0) is 12.1 Å². The molecule has 0 unspecified atom stereocenters. The van der Waals surface area contributed by atoms with E-state index >= 15 is 0 Å². The fourth-order valence-corrected chi connectivity index (χ4v) is 1.42. The van der Waals surface area contributed by atoms with E-state index in [1.54, 1.807) is 36.3 Å². The van der Waals surface area contributed by atoms with Gasteiger partial charge in [0.25, 0.3) is 0 Å². The topological polar surface area (TPSA) is 57.0 Å². The number of methoxy groups -OCH3 is 1. The fraction of sp³-hybridized carbons (Fsp3) is 0.182. The molecular weight excluding hydrogens is 206 g/mol. The number of carbonyl (C=O) groups is 1. The molecule has 2 rings (SSSR count). The summed E-state index contributed by atoms with van der Waals surface area (Å²) in [5.74, 6) is 0.189. The van der Waals surface area contributed by atoms with Crippen LogP contribution in [0.2, 0.25) is 0 Å². The summed E-state index contributed by atoms with van der Waals surface area (Å²) < 4.78 is 6.62. The lowest BCUT2D eigenvalue weighted by molar-refractivity contribution is 0.103. The van der Waals surface area contributed by atoms with Crippen molar-refractivity contribution in [1.82, 2.24) is 14.8 Å². The van der Waals surface area contributed by atoms with Crippen LogP contribution in [-0.4, -0.2) is 27.7 Å². The quantitative estimate of drug-likeness (QED) is 0.721. The second-order valence-corrected chi connectivity index (χ2v) is 3.29. The van der Waals surface area contributed by atoms with Crippen LogP contribution in [0.15, 0.2) is 30.7 Å². The van der Waals surface area contributed by atoms with Crippen LogP contribution in [0.25, 0.3) is 0 Å². The largest absolute Gasteiger partial charge is 0.480 e. The summed E-state index contributed by atoms with van der Waals surface area (Å²) in [6.45, 7) is 0. The molecule has 2 heterocycles. The predicted octanol–water partition coefficient (Wildman–Crippen LogP) is 1.05. The molecule has 0 fully saturated rings. The third-order valence-corrected chi connectivity index (χ3v) is 2.18. The number of aryl methyl sites for hydroxylation is 1. The van der Waals surface area contributed by atoms with Crippen LogP contribution in [0.1, 0.15) is 15.9 Å². The van der Waals surface area contributed by atoms with Crippen molar-refractivity contribution in [2.45, 2.75) is 0 Å². The van der Waals surface area contributed by atoms with Gasteiger partial charge in [0.15, 0.2) is 0 Å². The molecule has 82 valence electrons. The first-order valence-corrected chi connectivity index (χ1v) is 4.74. The van der Waals surface area contributed by atoms with Gasteiger partial charge >= 0.3 is 0 Å². The van der Waals surface area contributed by atoms with Gasteiger partial charge in [0.1, 0.15) is 0 Å². The van der Waals surface area contributed by atoms with E-state index in [9.17, 15) is 4.79 Å². The number of ether oxygens (including phenoxy) is 1. The summed E-state index contributed by atoms with van der Waals surface area (Å²) in [7, 11) is 3.25. The molecule has 2 aromatic heterocycles. The van der Waals surface area contributed by atoms with Crippen molar-refractivity contribution in [1.29, 1.82) is 0 Å². The van der Waals surface area contributed by atoms with Gasteiger partial charge in [-0.3, -0.25) is 9.48 Å². The van der Waals surface area contributed by atoms with Crippen molar-refractivity contribution < 1.29 is 9.53 Å². The lowest BCUT2D eigenvalue weighted by atomic mass is 10.1. The van der Waals surface area contributed by atoms with Crippen molar-refractivity contribution in [3.63, 3.8) is 0 Å². The molecule has 2 aromatic rings. The van der Waals surface area contributed by atoms with Crippen molar-refractivity contribution in [3.05, 3.63) is 41.9 Å². The van der Waals surface area contributed by atoms with E-state index in [1.165, 1.54) is 13.3 Å². The third-order valence-electron chi connectivity index (χ3n) is 2.18. The molecule has 0 radical (unpaired) electrons. The minimum Gasteiger partial charge on any atom is -0.480 e. The molecule has 0 aliphatic rings. The number of carbonyl (C=O) groups excluding carboxylic acids is 1. The van der Waals surface area contributed by atoms with Crippen LogP contribution in [0, 0.1) is 0 Å². The Kier molecular flexibility index (Phi) is 2.68. The molecule has 0 amide bonds. The highest BCUT2D eigenvalue weighted by Gasteiger charge is 2.16. The van der Waals surface area contributed by atoms with Crippen molar-refractivity contribution in [3.8, 4) is 5.88 Å². The summed E-state index contributed by atoms with van der Waals surface area (Å²) in [5.41, 5.74) is 0.965. The van der Waals surface area contributed by atoms with Crippen LogP contribution in [-0.2, 0) is 7.05 Å². The Labute approximate surface area is 92.7 Å². The number of hydrogen-bond acceptors (Lipinski definition) is 4.